The molecule has 0 aromatic carbocycles. The molecule has 0 aromatic heterocycles. The highest BCUT2D eigenvalue weighted by Crippen LogP contribution is 2.50. The minimum atomic E-state index is -0.415. The Morgan fingerprint density at radius 1 is 1.53 bits per heavy atom. The van der Waals surface area contributed by atoms with Crippen LogP contribution >= 0.6 is 0 Å². The van der Waals surface area contributed by atoms with Gasteiger partial charge in [-0.2, -0.15) is 0 Å². The minimum Gasteiger partial charge on any atom is -0.444 e. The van der Waals surface area contributed by atoms with E-state index in [1.807, 2.05) is 20.8 Å². The van der Waals surface area contributed by atoms with Crippen molar-refractivity contribution >= 4 is 6.09 Å². The number of nitrogens with zero attached hydrogens (tertiary/aromatic N) is 1. The number of piperidine rings is 1. The Balaban J connectivity index is 0.00000162. The largest absolute Gasteiger partial charge is 0.444 e. The lowest BCUT2D eigenvalue weighted by molar-refractivity contribution is 0.0490. The zero-order chi connectivity index (χ0) is 12.8. The molecule has 1 saturated heterocycles. The summed E-state index contributed by atoms with van der Waals surface area (Å²) >= 11 is 0. The molecule has 2 atom stereocenters. The highest BCUT2D eigenvalue weighted by molar-refractivity contribution is 5.70. The van der Waals surface area contributed by atoms with Gasteiger partial charge in [-0.3, -0.25) is 4.90 Å². The van der Waals surface area contributed by atoms with E-state index in [0.29, 0.717) is 12.0 Å². The maximum absolute atomic E-state index is 11.8. The van der Waals surface area contributed by atoms with E-state index in [0.717, 1.165) is 19.5 Å². The quantitative estimate of drug-likeness (QED) is 0.807. The monoisotopic (exact) mass is 242 g/mol. The van der Waals surface area contributed by atoms with Gasteiger partial charge >= 0.3 is 6.09 Å². The summed E-state index contributed by atoms with van der Waals surface area (Å²) in [5, 5.41) is 3.07. The molecule has 100 valence electrons. The summed E-state index contributed by atoms with van der Waals surface area (Å²) in [6, 6.07) is 0.556. The van der Waals surface area contributed by atoms with Gasteiger partial charge in [-0.1, -0.05) is 0 Å². The van der Waals surface area contributed by atoms with E-state index in [4.69, 9.17) is 4.74 Å². The molecule has 4 heteroatoms. The topological polar surface area (TPSA) is 41.6 Å². The molecular formula is C13H26N2O2. The second-order valence-corrected chi connectivity index (χ2v) is 6.71. The Kier molecular flexibility index (Phi) is 2.89. The van der Waals surface area contributed by atoms with Crippen LogP contribution in [0.25, 0.3) is 0 Å². The molecular weight excluding hydrogens is 216 g/mol. The molecule has 1 N–H and O–H groups in total. The van der Waals surface area contributed by atoms with Crippen LogP contribution in [0.5, 0.6) is 0 Å². The van der Waals surface area contributed by atoms with E-state index in [1.165, 1.54) is 0 Å². The van der Waals surface area contributed by atoms with Gasteiger partial charge in [-0.15, -0.1) is 0 Å². The van der Waals surface area contributed by atoms with Crippen LogP contribution in [0, 0.1) is 5.92 Å². The average Bonchev–Trinajstić information content (AvgIpc) is 2.63. The molecule has 2 fully saturated rings. The van der Waals surface area contributed by atoms with Gasteiger partial charge in [0, 0.05) is 20.6 Å². The number of alkyl carbamates (subject to hydrolysis) is 1. The Morgan fingerprint density at radius 3 is 2.65 bits per heavy atom. The molecule has 4 nitrogen and oxygen atoms in total. The van der Waals surface area contributed by atoms with Crippen LogP contribution in [0.1, 0.15) is 42.5 Å². The molecule has 1 saturated carbocycles. The van der Waals surface area contributed by atoms with Crippen molar-refractivity contribution in [3.8, 4) is 0 Å². The maximum atomic E-state index is 11.8. The Hall–Kier alpha value is -0.770. The zero-order valence-corrected chi connectivity index (χ0v) is 11.5. The predicted octanol–water partition coefficient (Wildman–Crippen LogP) is 2.24. The Morgan fingerprint density at radius 2 is 2.18 bits per heavy atom. The van der Waals surface area contributed by atoms with E-state index < -0.39 is 5.60 Å². The number of carbonyl (C=O) groups excluding carboxylic acids is 1. The Bertz CT molecular complexity index is 327. The van der Waals surface area contributed by atoms with Crippen molar-refractivity contribution in [2.75, 3.05) is 13.1 Å². The van der Waals surface area contributed by atoms with Crippen molar-refractivity contribution in [1.82, 2.24) is 10.2 Å². The highest BCUT2D eigenvalue weighted by Gasteiger charge is 2.61. The summed E-state index contributed by atoms with van der Waals surface area (Å²) in [7, 11) is 0. The molecule has 0 radical (unpaired) electrons. The molecule has 17 heavy (non-hydrogen) atoms. The molecule has 1 aliphatic heterocycles. The zero-order valence-electron chi connectivity index (χ0n) is 11.5. The van der Waals surface area contributed by atoms with E-state index in [1.54, 1.807) is 0 Å². The Labute approximate surface area is 105 Å². The number of likely N-dealkylation sites (tertiary alicyclic amines) is 1. The molecule has 2 aliphatic rings. The molecule has 0 bridgehead atoms. The molecule has 2 unspecified atom stereocenters. The maximum Gasteiger partial charge on any atom is 0.408 e. The fraction of sp³-hybridized carbons (Fsp3) is 0.923. The summed E-state index contributed by atoms with van der Waals surface area (Å²) in [5.41, 5.74) is -0.409. The molecule has 2 rings (SSSR count). The molecule has 0 aromatic rings. The van der Waals surface area contributed by atoms with Crippen LogP contribution in [0.3, 0.4) is 0 Å². The first-order valence-electron chi connectivity index (χ1n) is 6.47. The van der Waals surface area contributed by atoms with Gasteiger partial charge in [0.1, 0.15) is 5.60 Å². The second kappa shape index (κ2) is 3.87. The predicted molar refractivity (Wildman–Crippen MR) is 69.0 cm³/mol. The fourth-order valence-corrected chi connectivity index (χ4v) is 2.62. The number of nitrogens with one attached hydrogen (secondary N) is 1. The molecule has 1 amide bonds. The number of carbonyl (C=O) groups is 1. The number of ether oxygens (including phenoxy) is 1. The van der Waals surface area contributed by atoms with Crippen LogP contribution in [-0.2, 0) is 4.74 Å². The number of hydrogen-bond acceptors (Lipinski definition) is 3. The van der Waals surface area contributed by atoms with Gasteiger partial charge in [0.25, 0.3) is 0 Å². The summed E-state index contributed by atoms with van der Waals surface area (Å²) in [4.78, 5) is 14.2. The third-order valence-corrected chi connectivity index (χ3v) is 3.65. The lowest BCUT2D eigenvalue weighted by Crippen LogP contribution is -2.45. The molecule has 1 heterocycles. The number of fused-ring (bicyclic) bond motifs is 1. The van der Waals surface area contributed by atoms with Crippen LogP contribution < -0.4 is 5.32 Å². The first kappa shape index (κ1) is 12.7. The van der Waals surface area contributed by atoms with Gasteiger partial charge in [-0.25, -0.2) is 4.79 Å². The van der Waals surface area contributed by atoms with Crippen molar-refractivity contribution in [2.24, 2.45) is 5.92 Å². The van der Waals surface area contributed by atoms with Crippen LogP contribution in [0.4, 0.5) is 4.79 Å². The second-order valence-electron chi connectivity index (χ2n) is 6.71. The van der Waals surface area contributed by atoms with E-state index >= 15 is 0 Å². The standard InChI is InChI=1S/C13H24N2O2.H2/c1-9(2)15-7-10-6-13(10,8-15)14-11(16)17-12(3,4)5;/h9-10H,6-8H2,1-5H3,(H,14,16);1H. The smallest absolute Gasteiger partial charge is 0.408 e. The SMILES string of the molecule is CC(C)N1CC2CC2(NC(=O)OC(C)(C)C)C1.[HH]. The first-order chi connectivity index (χ1) is 7.72. The van der Waals surface area contributed by atoms with Gasteiger partial charge < -0.3 is 10.1 Å². The van der Waals surface area contributed by atoms with Crippen LogP contribution in [0.15, 0.2) is 0 Å². The van der Waals surface area contributed by atoms with Crippen molar-refractivity contribution in [2.45, 2.75) is 58.2 Å². The fourth-order valence-electron chi connectivity index (χ4n) is 2.62. The lowest BCUT2D eigenvalue weighted by atomic mass is 10.2. The van der Waals surface area contributed by atoms with Crippen molar-refractivity contribution in [3.05, 3.63) is 0 Å². The van der Waals surface area contributed by atoms with E-state index in [9.17, 15) is 4.79 Å². The number of amides is 1. The van der Waals surface area contributed by atoms with Crippen LogP contribution in [-0.4, -0.2) is 41.3 Å². The third-order valence-electron chi connectivity index (χ3n) is 3.65. The summed E-state index contributed by atoms with van der Waals surface area (Å²) in [5.74, 6) is 0.623. The van der Waals surface area contributed by atoms with Crippen LogP contribution in [0.2, 0.25) is 0 Å². The summed E-state index contributed by atoms with van der Waals surface area (Å²) < 4.78 is 5.32. The first-order valence-corrected chi connectivity index (χ1v) is 6.47. The van der Waals surface area contributed by atoms with Gasteiger partial charge in [0.2, 0.25) is 0 Å². The van der Waals surface area contributed by atoms with Gasteiger partial charge in [0.15, 0.2) is 0 Å². The van der Waals surface area contributed by atoms with Gasteiger partial charge in [-0.05, 0) is 47.0 Å². The highest BCUT2D eigenvalue weighted by atomic mass is 16.6. The minimum absolute atomic E-state index is 0. The lowest BCUT2D eigenvalue weighted by Gasteiger charge is -2.26. The number of rotatable bonds is 2. The van der Waals surface area contributed by atoms with E-state index in [2.05, 4.69) is 24.1 Å². The summed E-state index contributed by atoms with van der Waals surface area (Å²) in [6.07, 6.45) is 0.834. The van der Waals surface area contributed by atoms with E-state index in [-0.39, 0.29) is 13.1 Å². The molecule has 1 aliphatic carbocycles. The van der Waals surface area contributed by atoms with Crippen molar-refractivity contribution in [3.63, 3.8) is 0 Å². The molecule has 0 spiro atoms. The third kappa shape index (κ3) is 2.73. The van der Waals surface area contributed by atoms with Crippen molar-refractivity contribution in [1.29, 1.82) is 0 Å². The van der Waals surface area contributed by atoms with Gasteiger partial charge in [0.05, 0.1) is 5.54 Å². The van der Waals surface area contributed by atoms with Crippen molar-refractivity contribution < 1.29 is 11.0 Å². The number of hydrogen-bond donors (Lipinski definition) is 1. The normalized spacial score (nSPS) is 32.5. The summed E-state index contributed by atoms with van der Waals surface area (Å²) in [6.45, 7) is 12.1. The average molecular weight is 242 g/mol.